The van der Waals surface area contributed by atoms with Crippen molar-refractivity contribution in [2.75, 3.05) is 6.26 Å². The Hall–Kier alpha value is -2.40. The average molecular weight is 357 g/mol. The number of rotatable bonds is 6. The van der Waals surface area contributed by atoms with Crippen LogP contribution in [0.5, 0.6) is 0 Å². The van der Waals surface area contributed by atoms with Gasteiger partial charge in [-0.2, -0.15) is 0 Å². The molecule has 1 N–H and O–H groups in total. The van der Waals surface area contributed by atoms with Crippen LogP contribution in [0.2, 0.25) is 0 Å². The van der Waals surface area contributed by atoms with E-state index in [0.29, 0.717) is 6.42 Å². The van der Waals surface area contributed by atoms with Crippen LogP contribution in [0.4, 0.5) is 0 Å². The first-order valence-electron chi connectivity index (χ1n) is 8.15. The fourth-order valence-corrected chi connectivity index (χ4v) is 3.07. The molecule has 0 aliphatic heterocycles. The SMILES string of the molecule is CC[C@H](NC(=O)/C=C/c1ccc(C)cc1)c1ccc(S(C)(=O)=O)cc1. The van der Waals surface area contributed by atoms with Gasteiger partial charge in [-0.15, -0.1) is 0 Å². The summed E-state index contributed by atoms with van der Waals surface area (Å²) in [5.74, 6) is -0.181. The summed E-state index contributed by atoms with van der Waals surface area (Å²) in [6.45, 7) is 3.99. The highest BCUT2D eigenvalue weighted by Crippen LogP contribution is 2.19. The third kappa shape index (κ3) is 5.57. The normalized spacial score (nSPS) is 12.9. The molecule has 1 atom stereocenters. The Morgan fingerprint density at radius 3 is 2.20 bits per heavy atom. The van der Waals surface area contributed by atoms with E-state index < -0.39 is 9.84 Å². The molecule has 0 aliphatic rings. The molecule has 2 aromatic rings. The molecule has 2 rings (SSSR count). The first kappa shape index (κ1) is 18.9. The van der Waals surface area contributed by atoms with Crippen LogP contribution in [-0.4, -0.2) is 20.6 Å². The second-order valence-corrected chi connectivity index (χ2v) is 8.07. The number of benzene rings is 2. The lowest BCUT2D eigenvalue weighted by molar-refractivity contribution is -0.117. The highest BCUT2D eigenvalue weighted by Gasteiger charge is 2.13. The fraction of sp³-hybridized carbons (Fsp3) is 0.250. The zero-order valence-corrected chi connectivity index (χ0v) is 15.5. The van der Waals surface area contributed by atoms with Crippen molar-refractivity contribution in [3.05, 3.63) is 71.3 Å². The van der Waals surface area contributed by atoms with Gasteiger partial charge in [0.2, 0.25) is 5.91 Å². The van der Waals surface area contributed by atoms with Crippen molar-refractivity contribution in [2.24, 2.45) is 0 Å². The standard InChI is InChI=1S/C20H23NO3S/c1-4-19(17-10-12-18(13-11-17)25(3,23)24)21-20(22)14-9-16-7-5-15(2)6-8-16/h5-14,19H,4H2,1-3H3,(H,21,22)/b14-9+/t19-/m0/s1. The van der Waals surface area contributed by atoms with Crippen LogP contribution in [0.15, 0.2) is 59.5 Å². The molecule has 0 saturated heterocycles. The van der Waals surface area contributed by atoms with E-state index in [-0.39, 0.29) is 16.8 Å². The monoisotopic (exact) mass is 357 g/mol. The van der Waals surface area contributed by atoms with E-state index in [4.69, 9.17) is 0 Å². The number of carbonyl (C=O) groups is 1. The third-order valence-corrected chi connectivity index (χ3v) is 5.07. The van der Waals surface area contributed by atoms with Gasteiger partial charge in [-0.05, 0) is 42.7 Å². The molecule has 1 amide bonds. The summed E-state index contributed by atoms with van der Waals surface area (Å²) in [5.41, 5.74) is 3.02. The Morgan fingerprint density at radius 2 is 1.68 bits per heavy atom. The molecule has 0 saturated carbocycles. The van der Waals surface area contributed by atoms with Gasteiger partial charge in [0.25, 0.3) is 0 Å². The van der Waals surface area contributed by atoms with Gasteiger partial charge in [-0.1, -0.05) is 48.9 Å². The number of aryl methyl sites for hydroxylation is 1. The van der Waals surface area contributed by atoms with Crippen molar-refractivity contribution in [3.8, 4) is 0 Å². The minimum atomic E-state index is -3.22. The predicted molar refractivity (Wildman–Crippen MR) is 101 cm³/mol. The van der Waals surface area contributed by atoms with Gasteiger partial charge >= 0.3 is 0 Å². The Morgan fingerprint density at radius 1 is 1.08 bits per heavy atom. The minimum Gasteiger partial charge on any atom is -0.346 e. The molecule has 0 unspecified atom stereocenters. The number of sulfone groups is 1. The molecule has 0 fully saturated rings. The molecule has 132 valence electrons. The molecule has 0 heterocycles. The second kappa shape index (κ2) is 8.12. The van der Waals surface area contributed by atoms with E-state index in [9.17, 15) is 13.2 Å². The lowest BCUT2D eigenvalue weighted by atomic mass is 10.0. The zero-order valence-electron chi connectivity index (χ0n) is 14.7. The smallest absolute Gasteiger partial charge is 0.244 e. The molecule has 0 bridgehead atoms. The minimum absolute atomic E-state index is 0.163. The maximum absolute atomic E-state index is 12.2. The maximum Gasteiger partial charge on any atom is 0.244 e. The van der Waals surface area contributed by atoms with E-state index in [1.165, 1.54) is 17.9 Å². The van der Waals surface area contributed by atoms with Gasteiger partial charge in [0, 0.05) is 12.3 Å². The van der Waals surface area contributed by atoms with E-state index >= 15 is 0 Å². The van der Waals surface area contributed by atoms with Gasteiger partial charge in [0.15, 0.2) is 9.84 Å². The summed E-state index contributed by atoms with van der Waals surface area (Å²) in [6.07, 6.45) is 5.17. The molecule has 25 heavy (non-hydrogen) atoms. The van der Waals surface area contributed by atoms with E-state index in [0.717, 1.165) is 11.1 Å². The van der Waals surface area contributed by atoms with Crippen LogP contribution in [0.3, 0.4) is 0 Å². The number of hydrogen-bond acceptors (Lipinski definition) is 3. The van der Waals surface area contributed by atoms with Crippen molar-refractivity contribution in [1.29, 1.82) is 0 Å². The van der Waals surface area contributed by atoms with Crippen LogP contribution < -0.4 is 5.32 Å². The van der Waals surface area contributed by atoms with Crippen LogP contribution >= 0.6 is 0 Å². The fourth-order valence-electron chi connectivity index (χ4n) is 2.44. The van der Waals surface area contributed by atoms with Gasteiger partial charge in [-0.25, -0.2) is 8.42 Å². The predicted octanol–water partition coefficient (Wildman–Crippen LogP) is 3.68. The van der Waals surface area contributed by atoms with Gasteiger partial charge in [0.1, 0.15) is 0 Å². The first-order valence-corrected chi connectivity index (χ1v) is 10.0. The average Bonchev–Trinajstić information content (AvgIpc) is 2.58. The van der Waals surface area contributed by atoms with Crippen LogP contribution in [-0.2, 0) is 14.6 Å². The number of hydrogen-bond donors (Lipinski definition) is 1. The summed E-state index contributed by atoms with van der Waals surface area (Å²) >= 11 is 0. The van der Waals surface area contributed by atoms with E-state index in [1.54, 1.807) is 30.3 Å². The largest absolute Gasteiger partial charge is 0.346 e. The molecule has 0 aromatic heterocycles. The summed E-state index contributed by atoms with van der Waals surface area (Å²) in [6, 6.07) is 14.4. The summed E-state index contributed by atoms with van der Waals surface area (Å²) in [7, 11) is -3.22. The lowest BCUT2D eigenvalue weighted by Gasteiger charge is -2.16. The van der Waals surface area contributed by atoms with E-state index in [2.05, 4.69) is 5.32 Å². The zero-order chi connectivity index (χ0) is 18.4. The molecule has 5 heteroatoms. The molecule has 0 spiro atoms. The lowest BCUT2D eigenvalue weighted by Crippen LogP contribution is -2.26. The quantitative estimate of drug-likeness (QED) is 0.802. The topological polar surface area (TPSA) is 63.2 Å². The van der Waals surface area contributed by atoms with Crippen LogP contribution in [0.1, 0.15) is 36.1 Å². The molecule has 0 aliphatic carbocycles. The Labute approximate surface area is 149 Å². The van der Waals surface area contributed by atoms with Gasteiger partial charge in [0.05, 0.1) is 10.9 Å². The Kier molecular flexibility index (Phi) is 6.15. The highest BCUT2D eigenvalue weighted by atomic mass is 32.2. The molecule has 4 nitrogen and oxygen atoms in total. The number of carbonyl (C=O) groups excluding carboxylic acids is 1. The van der Waals surface area contributed by atoms with Crippen molar-refractivity contribution in [2.45, 2.75) is 31.2 Å². The van der Waals surface area contributed by atoms with Crippen molar-refractivity contribution in [1.82, 2.24) is 5.32 Å². The van der Waals surface area contributed by atoms with Crippen molar-refractivity contribution in [3.63, 3.8) is 0 Å². The van der Waals surface area contributed by atoms with Gasteiger partial charge in [-0.3, -0.25) is 4.79 Å². The Balaban J connectivity index is 2.05. The second-order valence-electron chi connectivity index (χ2n) is 6.05. The van der Waals surface area contributed by atoms with Crippen molar-refractivity contribution >= 4 is 21.8 Å². The summed E-state index contributed by atoms with van der Waals surface area (Å²) in [4.78, 5) is 12.4. The molecular formula is C20H23NO3S. The Bertz CT molecular complexity index is 851. The third-order valence-electron chi connectivity index (χ3n) is 3.94. The number of amides is 1. The van der Waals surface area contributed by atoms with Crippen LogP contribution in [0.25, 0.3) is 6.08 Å². The highest BCUT2D eigenvalue weighted by molar-refractivity contribution is 7.90. The van der Waals surface area contributed by atoms with Crippen LogP contribution in [0, 0.1) is 6.92 Å². The molecular weight excluding hydrogens is 334 g/mol. The maximum atomic E-state index is 12.2. The number of nitrogens with one attached hydrogen (secondary N) is 1. The summed E-state index contributed by atoms with van der Waals surface area (Å²) in [5, 5.41) is 2.95. The first-order chi connectivity index (χ1) is 11.8. The summed E-state index contributed by atoms with van der Waals surface area (Å²) < 4.78 is 23.0. The van der Waals surface area contributed by atoms with Gasteiger partial charge < -0.3 is 5.32 Å². The van der Waals surface area contributed by atoms with E-state index in [1.807, 2.05) is 38.1 Å². The molecule has 0 radical (unpaired) electrons. The van der Waals surface area contributed by atoms with Crippen molar-refractivity contribution < 1.29 is 13.2 Å². The molecule has 2 aromatic carbocycles.